The van der Waals surface area contributed by atoms with E-state index in [1.165, 1.54) is 4.57 Å². The topological polar surface area (TPSA) is 97.8 Å². The number of nitrogens with zero attached hydrogens (tertiary/aromatic N) is 2. The van der Waals surface area contributed by atoms with Crippen molar-refractivity contribution >= 4 is 11.5 Å². The van der Waals surface area contributed by atoms with Gasteiger partial charge in [0.05, 0.1) is 0 Å². The second kappa shape index (κ2) is 5.90. The Bertz CT molecular complexity index is 734. The molecular weight excluding hydrogens is 270 g/mol. The van der Waals surface area contributed by atoms with Crippen LogP contribution in [0.15, 0.2) is 21.7 Å². The summed E-state index contributed by atoms with van der Waals surface area (Å²) in [7, 11) is 0. The summed E-state index contributed by atoms with van der Waals surface area (Å²) in [5, 5.41) is 0. The van der Waals surface area contributed by atoms with Crippen molar-refractivity contribution in [1.82, 2.24) is 14.2 Å². The fraction of sp³-hybridized carbons (Fsp3) is 0.429. The van der Waals surface area contributed by atoms with Gasteiger partial charge in [0.25, 0.3) is 5.56 Å². The lowest BCUT2D eigenvalue weighted by molar-refractivity contribution is 0.605. The fourth-order valence-corrected chi connectivity index (χ4v) is 2.19. The first-order chi connectivity index (χ1) is 9.95. The van der Waals surface area contributed by atoms with Gasteiger partial charge in [-0.15, -0.1) is 0 Å². The molecule has 0 aliphatic rings. The molecule has 7 heteroatoms. The van der Waals surface area contributed by atoms with Crippen LogP contribution in [0.4, 0.5) is 11.5 Å². The molecule has 0 atom stereocenters. The molecule has 4 N–H and O–H groups in total. The van der Waals surface area contributed by atoms with Crippen LogP contribution in [0.2, 0.25) is 0 Å². The van der Waals surface area contributed by atoms with E-state index in [9.17, 15) is 9.59 Å². The molecule has 0 radical (unpaired) electrons. The number of unbranched alkanes of at least 4 members (excludes halogenated alkanes) is 1. The Hall–Kier alpha value is -2.44. The molecule has 0 aliphatic heterocycles. The number of aryl methyl sites for hydroxylation is 2. The third-order valence-corrected chi connectivity index (χ3v) is 3.47. The smallest absolute Gasteiger partial charge is 0.330 e. The van der Waals surface area contributed by atoms with E-state index in [1.54, 1.807) is 4.68 Å². The van der Waals surface area contributed by atoms with Gasteiger partial charge in [-0.2, -0.15) is 0 Å². The zero-order valence-electron chi connectivity index (χ0n) is 12.6. The van der Waals surface area contributed by atoms with E-state index < -0.39 is 11.2 Å². The predicted octanol–water partition coefficient (Wildman–Crippen LogP) is 1.21. The maximum atomic E-state index is 12.0. The molecule has 0 spiro atoms. The third-order valence-electron chi connectivity index (χ3n) is 3.47. The minimum atomic E-state index is -0.516. The molecule has 0 saturated heterocycles. The molecule has 7 nitrogen and oxygen atoms in total. The molecule has 114 valence electrons. The summed E-state index contributed by atoms with van der Waals surface area (Å²) in [5.74, 6) is 0.157. The molecule has 0 fully saturated rings. The van der Waals surface area contributed by atoms with Gasteiger partial charge < -0.3 is 5.73 Å². The number of rotatable bonds is 5. The first-order valence-electron chi connectivity index (χ1n) is 7.00. The molecule has 2 heterocycles. The first-order valence-corrected chi connectivity index (χ1v) is 7.00. The van der Waals surface area contributed by atoms with Crippen LogP contribution in [0.25, 0.3) is 0 Å². The Labute approximate surface area is 122 Å². The van der Waals surface area contributed by atoms with E-state index in [0.717, 1.165) is 24.2 Å². The molecule has 0 bridgehead atoms. The molecule has 0 saturated carbocycles. The van der Waals surface area contributed by atoms with Crippen molar-refractivity contribution in [3.05, 3.63) is 44.4 Å². The molecule has 2 aromatic rings. The Morgan fingerprint density at radius 1 is 1.24 bits per heavy atom. The summed E-state index contributed by atoms with van der Waals surface area (Å²) in [4.78, 5) is 26.2. The number of aromatic amines is 1. The van der Waals surface area contributed by atoms with Gasteiger partial charge in [-0.25, -0.2) is 4.79 Å². The highest BCUT2D eigenvalue weighted by molar-refractivity contribution is 5.60. The molecule has 0 aromatic carbocycles. The molecule has 0 aliphatic carbocycles. The average molecular weight is 291 g/mol. The summed E-state index contributed by atoms with van der Waals surface area (Å²) in [6.45, 7) is 6.34. The van der Waals surface area contributed by atoms with E-state index >= 15 is 0 Å². The highest BCUT2D eigenvalue weighted by atomic mass is 16.2. The van der Waals surface area contributed by atoms with Crippen molar-refractivity contribution < 1.29 is 0 Å². The third kappa shape index (κ3) is 2.86. The van der Waals surface area contributed by atoms with Crippen molar-refractivity contribution in [1.29, 1.82) is 0 Å². The van der Waals surface area contributed by atoms with Gasteiger partial charge in [0.2, 0.25) is 0 Å². The van der Waals surface area contributed by atoms with Gasteiger partial charge in [0.1, 0.15) is 5.82 Å². The lowest BCUT2D eigenvalue weighted by atomic mass is 10.3. The zero-order chi connectivity index (χ0) is 15.6. The molecule has 21 heavy (non-hydrogen) atoms. The normalized spacial score (nSPS) is 10.8. The highest BCUT2D eigenvalue weighted by Crippen LogP contribution is 2.14. The summed E-state index contributed by atoms with van der Waals surface area (Å²) < 4.78 is 3.15. The second-order valence-corrected chi connectivity index (χ2v) is 5.09. The van der Waals surface area contributed by atoms with Gasteiger partial charge in [0.15, 0.2) is 5.69 Å². The molecular formula is C14H21N5O2. The Morgan fingerprint density at radius 2 is 1.86 bits per heavy atom. The van der Waals surface area contributed by atoms with E-state index in [1.807, 2.05) is 32.9 Å². The van der Waals surface area contributed by atoms with Crippen molar-refractivity contribution in [3.8, 4) is 0 Å². The van der Waals surface area contributed by atoms with Crippen LogP contribution in [0.3, 0.4) is 0 Å². The minimum Gasteiger partial charge on any atom is -0.383 e. The van der Waals surface area contributed by atoms with E-state index in [4.69, 9.17) is 5.73 Å². The summed E-state index contributed by atoms with van der Waals surface area (Å²) in [6.07, 6.45) is 1.75. The number of nitrogens with two attached hydrogens (primary N) is 1. The maximum Gasteiger partial charge on any atom is 0.330 e. The van der Waals surface area contributed by atoms with Gasteiger partial charge in [-0.05, 0) is 32.4 Å². The minimum absolute atomic E-state index is 0.157. The molecule has 0 amide bonds. The summed E-state index contributed by atoms with van der Waals surface area (Å²) in [6, 6.07) is 3.86. The van der Waals surface area contributed by atoms with Gasteiger partial charge in [-0.1, -0.05) is 13.3 Å². The largest absolute Gasteiger partial charge is 0.383 e. The van der Waals surface area contributed by atoms with E-state index in [2.05, 4.69) is 10.4 Å². The SMILES string of the molecule is CCCCn1c(N)c(Nn2c(C)ccc2C)c(=O)[nH]c1=O. The number of hydrogen-bond donors (Lipinski definition) is 3. The maximum absolute atomic E-state index is 12.0. The van der Waals surface area contributed by atoms with Crippen molar-refractivity contribution in [3.63, 3.8) is 0 Å². The standard InChI is InChI=1S/C14H21N5O2/c1-4-5-8-18-12(15)11(13(20)16-14(18)21)17-19-9(2)6-7-10(19)3/h6-7,17H,4-5,8,15H2,1-3H3,(H,16,20,21). The number of nitrogen functional groups attached to an aromatic ring is 1. The highest BCUT2D eigenvalue weighted by Gasteiger charge is 2.13. The Kier molecular flexibility index (Phi) is 4.21. The van der Waals surface area contributed by atoms with Gasteiger partial charge in [-0.3, -0.25) is 24.4 Å². The van der Waals surface area contributed by atoms with Crippen LogP contribution < -0.4 is 22.4 Å². The van der Waals surface area contributed by atoms with Gasteiger partial charge in [0, 0.05) is 17.9 Å². The first kappa shape index (κ1) is 15.0. The monoisotopic (exact) mass is 291 g/mol. The lowest BCUT2D eigenvalue weighted by Crippen LogP contribution is -2.35. The van der Waals surface area contributed by atoms with Crippen LogP contribution >= 0.6 is 0 Å². The Morgan fingerprint density at radius 3 is 2.43 bits per heavy atom. The average Bonchev–Trinajstić information content (AvgIpc) is 2.74. The van der Waals surface area contributed by atoms with Crippen LogP contribution in [0.1, 0.15) is 31.2 Å². The van der Waals surface area contributed by atoms with Crippen LogP contribution in [0, 0.1) is 13.8 Å². The Balaban J connectivity index is 2.49. The van der Waals surface area contributed by atoms with Crippen LogP contribution in [-0.2, 0) is 6.54 Å². The number of hydrogen-bond acceptors (Lipinski definition) is 4. The van der Waals surface area contributed by atoms with Gasteiger partial charge >= 0.3 is 5.69 Å². The summed E-state index contributed by atoms with van der Waals surface area (Å²) >= 11 is 0. The molecule has 0 unspecified atom stereocenters. The predicted molar refractivity (Wildman–Crippen MR) is 83.6 cm³/mol. The van der Waals surface area contributed by atoms with Crippen molar-refractivity contribution in [2.45, 2.75) is 40.2 Å². The molecule has 2 rings (SSSR count). The summed E-state index contributed by atoms with van der Waals surface area (Å²) in [5.41, 5.74) is 10.1. The number of anilines is 2. The lowest BCUT2D eigenvalue weighted by Gasteiger charge is -2.16. The van der Waals surface area contributed by atoms with Crippen molar-refractivity contribution in [2.24, 2.45) is 0 Å². The quantitative estimate of drug-likeness (QED) is 0.771. The van der Waals surface area contributed by atoms with E-state index in [0.29, 0.717) is 6.54 Å². The number of nitrogens with one attached hydrogen (secondary N) is 2. The number of H-pyrrole nitrogens is 1. The van der Waals surface area contributed by atoms with Crippen LogP contribution in [0.5, 0.6) is 0 Å². The van der Waals surface area contributed by atoms with E-state index in [-0.39, 0.29) is 11.5 Å². The van der Waals surface area contributed by atoms with Crippen molar-refractivity contribution in [2.75, 3.05) is 11.2 Å². The second-order valence-electron chi connectivity index (χ2n) is 5.09. The number of aromatic nitrogens is 3. The molecule has 2 aromatic heterocycles. The zero-order valence-corrected chi connectivity index (χ0v) is 12.6. The van der Waals surface area contributed by atoms with Crippen LogP contribution in [-0.4, -0.2) is 14.2 Å². The fourth-order valence-electron chi connectivity index (χ4n) is 2.19.